The number of aliphatic carboxylic acids is 1. The number of carbonyl (C=O) groups is 1. The van der Waals surface area contributed by atoms with Crippen molar-refractivity contribution in [3.05, 3.63) is 0 Å². The SMILES string of the molecule is CCCCCCCCCCCCCCCCCCC(C(C(=O)[O-])[N+](C)(C)C)(C(C)(C)C)S(=O)(=O)O. The minimum atomic E-state index is -4.67. The summed E-state index contributed by atoms with van der Waals surface area (Å²) in [5.74, 6) is -1.44. The van der Waals surface area contributed by atoms with E-state index in [9.17, 15) is 22.9 Å². The summed E-state index contributed by atoms with van der Waals surface area (Å²) in [4.78, 5) is 12.2. The van der Waals surface area contributed by atoms with Gasteiger partial charge in [-0.2, -0.15) is 8.42 Å². The molecule has 0 saturated heterocycles. The van der Waals surface area contributed by atoms with Crippen molar-refractivity contribution >= 4 is 16.1 Å². The van der Waals surface area contributed by atoms with E-state index in [1.807, 2.05) is 0 Å². The molecule has 0 aromatic rings. The smallest absolute Gasteiger partial charge is 0.277 e. The summed E-state index contributed by atoms with van der Waals surface area (Å²) in [7, 11) is 0.247. The molecule has 6 nitrogen and oxygen atoms in total. The quantitative estimate of drug-likeness (QED) is 0.112. The molecular formula is C28H57NO5S. The predicted molar refractivity (Wildman–Crippen MR) is 145 cm³/mol. The Morgan fingerprint density at radius 1 is 0.743 bits per heavy atom. The maximum Gasteiger partial charge on any atom is 0.277 e. The number of carbonyl (C=O) groups excluding carboxylic acids is 1. The Kier molecular flexibility index (Phi) is 15.9. The molecule has 2 unspecified atom stereocenters. The Morgan fingerprint density at radius 3 is 1.29 bits per heavy atom. The minimum absolute atomic E-state index is 0.0992. The Morgan fingerprint density at radius 2 is 1.06 bits per heavy atom. The number of nitrogens with zero attached hydrogens (tertiary/aromatic N) is 1. The first-order valence-electron chi connectivity index (χ1n) is 14.1. The highest BCUT2D eigenvalue weighted by Gasteiger charge is 2.62. The van der Waals surface area contributed by atoms with Crippen molar-refractivity contribution < 1.29 is 27.4 Å². The van der Waals surface area contributed by atoms with E-state index in [2.05, 4.69) is 6.92 Å². The standard InChI is InChI=1S/C28H57NO5S/c1-8-9-10-11-12-13-14-15-16-17-18-19-20-21-22-23-24-28(27(2,3)4,35(32,33)34)25(26(30)31)29(5,6)7/h25H,8-24H2,1-7H3,(H-,30,31,32,33,34). The molecule has 1 N–H and O–H groups in total. The predicted octanol–water partition coefficient (Wildman–Crippen LogP) is 6.14. The van der Waals surface area contributed by atoms with Crippen LogP contribution in [0.1, 0.15) is 137 Å². The van der Waals surface area contributed by atoms with Crippen LogP contribution < -0.4 is 5.11 Å². The van der Waals surface area contributed by atoms with Crippen LogP contribution in [-0.4, -0.2) is 55.4 Å². The summed E-state index contributed by atoms with van der Waals surface area (Å²) in [6.07, 6.45) is 19.5. The highest BCUT2D eigenvalue weighted by molar-refractivity contribution is 7.87. The van der Waals surface area contributed by atoms with E-state index in [-0.39, 0.29) is 10.9 Å². The lowest BCUT2D eigenvalue weighted by atomic mass is 9.71. The van der Waals surface area contributed by atoms with Gasteiger partial charge in [0.25, 0.3) is 10.1 Å². The van der Waals surface area contributed by atoms with Crippen molar-refractivity contribution in [1.82, 2.24) is 0 Å². The fraction of sp³-hybridized carbons (Fsp3) is 0.964. The molecule has 0 aromatic heterocycles. The normalized spacial score (nSPS) is 15.7. The molecule has 0 radical (unpaired) electrons. The van der Waals surface area contributed by atoms with E-state index >= 15 is 0 Å². The van der Waals surface area contributed by atoms with Crippen LogP contribution in [0.2, 0.25) is 0 Å². The van der Waals surface area contributed by atoms with Gasteiger partial charge in [-0.25, -0.2) is 0 Å². The third kappa shape index (κ3) is 12.0. The zero-order valence-electron chi connectivity index (χ0n) is 24.0. The second-order valence-corrected chi connectivity index (χ2v) is 14.2. The molecule has 0 fully saturated rings. The van der Waals surface area contributed by atoms with Gasteiger partial charge in [0.2, 0.25) is 0 Å². The maximum atomic E-state index is 12.7. The van der Waals surface area contributed by atoms with Gasteiger partial charge in [0.15, 0.2) is 10.8 Å². The number of hydrogen-bond acceptors (Lipinski definition) is 4. The van der Waals surface area contributed by atoms with Crippen molar-refractivity contribution in [1.29, 1.82) is 0 Å². The Bertz CT molecular complexity index is 678. The third-order valence-electron chi connectivity index (χ3n) is 7.57. The molecule has 0 aliphatic rings. The maximum absolute atomic E-state index is 12.7. The molecule has 0 aliphatic carbocycles. The summed E-state index contributed by atoms with van der Waals surface area (Å²) in [6.45, 7) is 7.33. The molecule has 0 spiro atoms. The van der Waals surface area contributed by atoms with Crippen LogP contribution in [0.5, 0.6) is 0 Å². The number of unbranched alkanes of at least 4 members (excludes halogenated alkanes) is 15. The zero-order chi connectivity index (χ0) is 27.2. The van der Waals surface area contributed by atoms with Gasteiger partial charge in [0.05, 0.1) is 21.1 Å². The first kappa shape index (κ1) is 34.3. The van der Waals surface area contributed by atoms with Gasteiger partial charge in [-0.15, -0.1) is 0 Å². The van der Waals surface area contributed by atoms with Gasteiger partial charge < -0.3 is 14.4 Å². The topological polar surface area (TPSA) is 94.5 Å². The molecular weight excluding hydrogens is 462 g/mol. The number of hydrogen-bond donors (Lipinski definition) is 1. The third-order valence-corrected chi connectivity index (χ3v) is 9.53. The fourth-order valence-corrected chi connectivity index (χ4v) is 7.52. The molecule has 210 valence electrons. The Balaban J connectivity index is 4.50. The van der Waals surface area contributed by atoms with Crippen LogP contribution in [0, 0.1) is 5.41 Å². The van der Waals surface area contributed by atoms with Gasteiger partial charge in [-0.3, -0.25) is 4.55 Å². The molecule has 35 heavy (non-hydrogen) atoms. The average Bonchev–Trinajstić information content (AvgIpc) is 2.69. The molecule has 0 bridgehead atoms. The molecule has 0 aromatic carbocycles. The van der Waals surface area contributed by atoms with E-state index < -0.39 is 32.3 Å². The number of quaternary nitrogens is 1. The van der Waals surface area contributed by atoms with Crippen LogP contribution >= 0.6 is 0 Å². The molecule has 0 heterocycles. The molecule has 2 atom stereocenters. The summed E-state index contributed by atoms with van der Waals surface area (Å²) in [6, 6.07) is -1.38. The highest BCUT2D eigenvalue weighted by atomic mass is 32.2. The summed E-state index contributed by atoms with van der Waals surface area (Å²) in [5, 5.41) is 12.2. The summed E-state index contributed by atoms with van der Waals surface area (Å²) < 4.78 is 33.9. The monoisotopic (exact) mass is 519 g/mol. The van der Waals surface area contributed by atoms with Crippen LogP contribution in [0.3, 0.4) is 0 Å². The van der Waals surface area contributed by atoms with E-state index in [1.54, 1.807) is 41.9 Å². The number of carboxylic acid groups (broad SMARTS) is 1. The van der Waals surface area contributed by atoms with Crippen molar-refractivity contribution in [2.45, 2.75) is 148 Å². The number of rotatable bonds is 21. The molecule has 0 aliphatic heterocycles. The summed E-state index contributed by atoms with van der Waals surface area (Å²) >= 11 is 0. The van der Waals surface area contributed by atoms with Gasteiger partial charge in [-0.1, -0.05) is 130 Å². The minimum Gasteiger partial charge on any atom is -0.544 e. The van der Waals surface area contributed by atoms with E-state index in [1.165, 1.54) is 77.0 Å². The number of carboxylic acids is 1. The van der Waals surface area contributed by atoms with Crippen LogP contribution in [0.15, 0.2) is 0 Å². The highest BCUT2D eigenvalue weighted by Crippen LogP contribution is 2.46. The Labute approximate surface area is 217 Å². The zero-order valence-corrected chi connectivity index (χ0v) is 24.9. The molecule has 7 heteroatoms. The van der Waals surface area contributed by atoms with Gasteiger partial charge in [0.1, 0.15) is 5.97 Å². The lowest BCUT2D eigenvalue weighted by Gasteiger charge is -2.51. The molecule has 0 saturated carbocycles. The van der Waals surface area contributed by atoms with E-state index in [0.29, 0.717) is 6.42 Å². The van der Waals surface area contributed by atoms with Crippen molar-refractivity contribution in [3.8, 4) is 0 Å². The molecule has 0 amide bonds. The van der Waals surface area contributed by atoms with E-state index in [0.717, 1.165) is 19.3 Å². The fourth-order valence-electron chi connectivity index (χ4n) is 5.65. The van der Waals surface area contributed by atoms with Crippen molar-refractivity contribution in [2.75, 3.05) is 21.1 Å². The average molecular weight is 520 g/mol. The Hall–Kier alpha value is -0.660. The number of likely N-dealkylation sites (N-methyl/N-ethyl adjacent to an activating group) is 1. The van der Waals surface area contributed by atoms with Gasteiger partial charge in [-0.05, 0) is 11.8 Å². The van der Waals surface area contributed by atoms with Gasteiger partial charge in [0, 0.05) is 0 Å². The van der Waals surface area contributed by atoms with Crippen LogP contribution in [0.4, 0.5) is 0 Å². The second-order valence-electron chi connectivity index (χ2n) is 12.5. The first-order chi connectivity index (χ1) is 16.1. The van der Waals surface area contributed by atoms with Crippen LogP contribution in [0.25, 0.3) is 0 Å². The molecule has 0 rings (SSSR count). The van der Waals surface area contributed by atoms with Crippen molar-refractivity contribution in [2.24, 2.45) is 5.41 Å². The van der Waals surface area contributed by atoms with Crippen molar-refractivity contribution in [3.63, 3.8) is 0 Å². The lowest BCUT2D eigenvalue weighted by Crippen LogP contribution is -2.72. The van der Waals surface area contributed by atoms with E-state index in [4.69, 9.17) is 0 Å². The summed E-state index contributed by atoms with van der Waals surface area (Å²) in [5.41, 5.74) is -0.980. The lowest BCUT2D eigenvalue weighted by molar-refractivity contribution is -0.892. The van der Waals surface area contributed by atoms with Crippen LogP contribution in [-0.2, 0) is 14.9 Å². The largest absolute Gasteiger partial charge is 0.544 e. The second kappa shape index (κ2) is 16.2. The first-order valence-corrected chi connectivity index (χ1v) is 15.6. The van der Waals surface area contributed by atoms with Gasteiger partial charge >= 0.3 is 0 Å².